The molecule has 0 aliphatic carbocycles. The quantitative estimate of drug-likeness (QED) is 0.768. The monoisotopic (exact) mass is 342 g/mol. The molecule has 6 nitrogen and oxygen atoms in total. The average molecular weight is 343 g/mol. The lowest BCUT2D eigenvalue weighted by atomic mass is 10.0. The van der Waals surface area contributed by atoms with Crippen LogP contribution in [0.2, 0.25) is 0 Å². The van der Waals surface area contributed by atoms with Crippen LogP contribution in [0.15, 0.2) is 22.7 Å². The highest BCUT2D eigenvalue weighted by Gasteiger charge is 2.33. The zero-order chi connectivity index (χ0) is 14.7. The topological polar surface area (TPSA) is 87.7 Å². The first-order valence-corrected chi connectivity index (χ1v) is 6.91. The molecule has 2 rings (SSSR count). The number of halogens is 1. The van der Waals surface area contributed by atoms with Crippen molar-refractivity contribution in [3.8, 4) is 0 Å². The summed E-state index contributed by atoms with van der Waals surface area (Å²) in [4.78, 5) is 23.2. The highest BCUT2D eigenvalue weighted by atomic mass is 79.9. The van der Waals surface area contributed by atoms with E-state index in [4.69, 9.17) is 9.84 Å². The molecule has 0 bridgehead atoms. The van der Waals surface area contributed by atoms with Gasteiger partial charge in [0.25, 0.3) is 0 Å². The molecule has 1 heterocycles. The van der Waals surface area contributed by atoms with E-state index in [0.29, 0.717) is 23.4 Å². The van der Waals surface area contributed by atoms with Crippen LogP contribution in [0, 0.1) is 5.92 Å². The van der Waals surface area contributed by atoms with Gasteiger partial charge in [-0.25, -0.2) is 4.79 Å². The summed E-state index contributed by atoms with van der Waals surface area (Å²) in [6, 6.07) is 4.46. The second-order valence-electron chi connectivity index (χ2n) is 4.53. The summed E-state index contributed by atoms with van der Waals surface area (Å²) in [7, 11) is 1.78. The summed E-state index contributed by atoms with van der Waals surface area (Å²) in [5, 5.41) is 14.7. The number of carbonyl (C=O) groups excluding carboxylic acids is 1. The molecule has 1 aliphatic heterocycles. The second-order valence-corrected chi connectivity index (χ2v) is 5.38. The van der Waals surface area contributed by atoms with E-state index in [1.807, 2.05) is 0 Å². The van der Waals surface area contributed by atoms with Crippen molar-refractivity contribution in [1.29, 1.82) is 0 Å². The predicted octanol–water partition coefficient (Wildman–Crippen LogP) is 1.32. The normalized spacial score (nSPS) is 21.7. The number of nitrogens with one attached hydrogen (secondary N) is 2. The Morgan fingerprint density at radius 3 is 2.80 bits per heavy atom. The Bertz CT molecular complexity index is 535. The van der Waals surface area contributed by atoms with Crippen molar-refractivity contribution in [2.24, 2.45) is 5.92 Å². The van der Waals surface area contributed by atoms with Crippen LogP contribution in [-0.2, 0) is 9.53 Å². The van der Waals surface area contributed by atoms with E-state index in [9.17, 15) is 9.59 Å². The van der Waals surface area contributed by atoms with Gasteiger partial charge < -0.3 is 20.5 Å². The number of anilines is 1. The van der Waals surface area contributed by atoms with Gasteiger partial charge in [-0.2, -0.15) is 0 Å². The van der Waals surface area contributed by atoms with Crippen molar-refractivity contribution in [3.05, 3.63) is 28.2 Å². The summed E-state index contributed by atoms with van der Waals surface area (Å²) in [6.45, 7) is 0.846. The number of carbonyl (C=O) groups is 2. The van der Waals surface area contributed by atoms with Gasteiger partial charge in [-0.1, -0.05) is 0 Å². The minimum absolute atomic E-state index is 0.0311. The van der Waals surface area contributed by atoms with Crippen molar-refractivity contribution >= 4 is 33.5 Å². The summed E-state index contributed by atoms with van der Waals surface area (Å²) < 4.78 is 5.92. The van der Waals surface area contributed by atoms with Crippen molar-refractivity contribution < 1.29 is 19.4 Å². The van der Waals surface area contributed by atoms with E-state index >= 15 is 0 Å². The average Bonchev–Trinajstić information content (AvgIpc) is 2.89. The van der Waals surface area contributed by atoms with Gasteiger partial charge in [0.1, 0.15) is 0 Å². The maximum atomic E-state index is 12.2. The molecular formula is C13H15BrN2O4. The molecule has 7 heteroatoms. The molecule has 2 atom stereocenters. The van der Waals surface area contributed by atoms with Crippen LogP contribution in [0.5, 0.6) is 0 Å². The number of aromatic carboxylic acids is 1. The first kappa shape index (κ1) is 15.0. The first-order chi connectivity index (χ1) is 9.52. The molecule has 1 aromatic carbocycles. The van der Waals surface area contributed by atoms with E-state index in [2.05, 4.69) is 26.6 Å². The number of hydrogen-bond acceptors (Lipinski definition) is 4. The first-order valence-electron chi connectivity index (χ1n) is 6.11. The number of ether oxygens (including phenoxy) is 1. The molecule has 0 saturated carbocycles. The molecule has 1 aliphatic rings. The molecule has 0 aromatic heterocycles. The summed E-state index contributed by atoms with van der Waals surface area (Å²) in [5.74, 6) is -1.52. The third-order valence-electron chi connectivity index (χ3n) is 3.26. The van der Waals surface area contributed by atoms with E-state index in [1.54, 1.807) is 13.1 Å². The van der Waals surface area contributed by atoms with E-state index in [1.165, 1.54) is 12.1 Å². The zero-order valence-corrected chi connectivity index (χ0v) is 12.4. The molecule has 1 saturated heterocycles. The second kappa shape index (κ2) is 6.34. The van der Waals surface area contributed by atoms with Gasteiger partial charge in [-0.3, -0.25) is 4.79 Å². The van der Waals surface area contributed by atoms with Crippen LogP contribution in [0.1, 0.15) is 10.4 Å². The Hall–Kier alpha value is -1.44. The van der Waals surface area contributed by atoms with Gasteiger partial charge in [0.05, 0.1) is 30.4 Å². The Labute approximate surface area is 124 Å². The van der Waals surface area contributed by atoms with Gasteiger partial charge in [-0.05, 0) is 41.2 Å². The Balaban J connectivity index is 2.15. The standard InChI is InChI=1S/C13H15BrN2O4/c1-15-11-6-20-5-8(11)12(17)16-10-4-7(13(18)19)2-3-9(10)14/h2-4,8,11,15H,5-6H2,1H3,(H,16,17)(H,18,19). The fourth-order valence-electron chi connectivity index (χ4n) is 2.08. The smallest absolute Gasteiger partial charge is 0.335 e. The Kier molecular flexibility index (Phi) is 4.74. The Morgan fingerprint density at radius 2 is 2.15 bits per heavy atom. The third kappa shape index (κ3) is 3.17. The van der Waals surface area contributed by atoms with Gasteiger partial charge in [0.2, 0.25) is 5.91 Å². The zero-order valence-electron chi connectivity index (χ0n) is 10.9. The molecule has 20 heavy (non-hydrogen) atoms. The lowest BCUT2D eigenvalue weighted by Gasteiger charge is -2.17. The Morgan fingerprint density at radius 1 is 1.40 bits per heavy atom. The lowest BCUT2D eigenvalue weighted by molar-refractivity contribution is -0.120. The summed E-state index contributed by atoms with van der Waals surface area (Å²) in [6.07, 6.45) is 0. The van der Waals surface area contributed by atoms with Gasteiger partial charge in [0, 0.05) is 10.5 Å². The van der Waals surface area contributed by atoms with E-state index < -0.39 is 5.97 Å². The molecule has 1 amide bonds. The van der Waals surface area contributed by atoms with Crippen molar-refractivity contribution in [2.75, 3.05) is 25.6 Å². The molecule has 108 valence electrons. The minimum atomic E-state index is -1.04. The number of benzene rings is 1. The summed E-state index contributed by atoms with van der Waals surface area (Å²) >= 11 is 3.29. The third-order valence-corrected chi connectivity index (χ3v) is 3.95. The minimum Gasteiger partial charge on any atom is -0.478 e. The van der Waals surface area contributed by atoms with Crippen LogP contribution >= 0.6 is 15.9 Å². The highest BCUT2D eigenvalue weighted by molar-refractivity contribution is 9.10. The number of hydrogen-bond donors (Lipinski definition) is 3. The molecule has 0 radical (unpaired) electrons. The van der Waals surface area contributed by atoms with Gasteiger partial charge in [0.15, 0.2) is 0 Å². The summed E-state index contributed by atoms with van der Waals surface area (Å²) in [5.41, 5.74) is 0.563. The van der Waals surface area contributed by atoms with Gasteiger partial charge >= 0.3 is 5.97 Å². The van der Waals surface area contributed by atoms with Crippen LogP contribution in [-0.4, -0.2) is 43.3 Å². The fraction of sp³-hybridized carbons (Fsp3) is 0.385. The molecule has 3 N–H and O–H groups in total. The number of rotatable bonds is 4. The fourth-order valence-corrected chi connectivity index (χ4v) is 2.42. The number of likely N-dealkylation sites (N-methyl/N-ethyl adjacent to an activating group) is 1. The van der Waals surface area contributed by atoms with E-state index in [-0.39, 0.29) is 23.4 Å². The largest absolute Gasteiger partial charge is 0.478 e. The maximum absolute atomic E-state index is 12.2. The molecule has 2 unspecified atom stereocenters. The van der Waals surface area contributed by atoms with Crippen LogP contribution in [0.3, 0.4) is 0 Å². The molecule has 0 spiro atoms. The van der Waals surface area contributed by atoms with Crippen molar-refractivity contribution in [2.45, 2.75) is 6.04 Å². The predicted molar refractivity (Wildman–Crippen MR) is 76.9 cm³/mol. The maximum Gasteiger partial charge on any atom is 0.335 e. The van der Waals surface area contributed by atoms with E-state index in [0.717, 1.165) is 0 Å². The lowest BCUT2D eigenvalue weighted by Crippen LogP contribution is -2.39. The van der Waals surface area contributed by atoms with Crippen LogP contribution < -0.4 is 10.6 Å². The number of carboxylic acids is 1. The number of amides is 1. The van der Waals surface area contributed by atoms with Crippen molar-refractivity contribution in [3.63, 3.8) is 0 Å². The van der Waals surface area contributed by atoms with Crippen LogP contribution in [0.25, 0.3) is 0 Å². The van der Waals surface area contributed by atoms with Gasteiger partial charge in [-0.15, -0.1) is 0 Å². The van der Waals surface area contributed by atoms with Crippen molar-refractivity contribution in [1.82, 2.24) is 5.32 Å². The molecule has 1 aromatic rings. The SMILES string of the molecule is CNC1COCC1C(=O)Nc1cc(C(=O)O)ccc1Br. The molecular weight excluding hydrogens is 328 g/mol. The number of carboxylic acid groups (broad SMARTS) is 1. The molecule has 1 fully saturated rings. The highest BCUT2D eigenvalue weighted by Crippen LogP contribution is 2.25. The van der Waals surface area contributed by atoms with Crippen LogP contribution in [0.4, 0.5) is 5.69 Å².